The van der Waals surface area contributed by atoms with Crippen LogP contribution in [0, 0.1) is 5.82 Å². The van der Waals surface area contributed by atoms with E-state index in [0.29, 0.717) is 16.4 Å². The molecule has 0 aliphatic carbocycles. The number of benzene rings is 2. The van der Waals surface area contributed by atoms with Crippen molar-refractivity contribution in [1.29, 1.82) is 0 Å². The number of nitrogens with one attached hydrogen (secondary N) is 2. The van der Waals surface area contributed by atoms with Crippen LogP contribution < -0.4 is 10.6 Å². The maximum atomic E-state index is 12.8. The third-order valence-electron chi connectivity index (χ3n) is 2.75. The fourth-order valence-electron chi connectivity index (χ4n) is 1.67. The fraction of sp³-hybridized carbons (Fsp3) is 0.133. The van der Waals surface area contributed by atoms with Gasteiger partial charge in [-0.1, -0.05) is 23.7 Å². The van der Waals surface area contributed by atoms with E-state index in [2.05, 4.69) is 10.6 Å². The van der Waals surface area contributed by atoms with Crippen molar-refractivity contribution in [2.24, 2.45) is 0 Å². The number of amides is 1. The first-order valence-electron chi connectivity index (χ1n) is 6.14. The van der Waals surface area contributed by atoms with E-state index < -0.39 is 6.04 Å². The van der Waals surface area contributed by atoms with Gasteiger partial charge in [-0.3, -0.25) is 4.79 Å². The van der Waals surface area contributed by atoms with Gasteiger partial charge < -0.3 is 10.6 Å². The summed E-state index contributed by atoms with van der Waals surface area (Å²) < 4.78 is 12.8. The molecule has 1 unspecified atom stereocenters. The van der Waals surface area contributed by atoms with Gasteiger partial charge in [-0.05, 0) is 43.3 Å². The monoisotopic (exact) mass is 292 g/mol. The standard InChI is InChI=1S/C15H14ClFN2O/c1-10(18-12-8-6-11(17)7-9-12)15(20)19-14-5-3-2-4-13(14)16/h2-10,18H,1H3,(H,19,20). The molecule has 20 heavy (non-hydrogen) atoms. The Labute approximate surface area is 121 Å². The second-order valence-corrected chi connectivity index (χ2v) is 4.75. The van der Waals surface area contributed by atoms with E-state index in [4.69, 9.17) is 11.6 Å². The zero-order valence-electron chi connectivity index (χ0n) is 10.9. The minimum Gasteiger partial charge on any atom is -0.374 e. The summed E-state index contributed by atoms with van der Waals surface area (Å²) in [6, 6.07) is 12.4. The summed E-state index contributed by atoms with van der Waals surface area (Å²) in [4.78, 5) is 12.0. The first-order chi connectivity index (χ1) is 9.56. The van der Waals surface area contributed by atoms with E-state index in [1.165, 1.54) is 12.1 Å². The summed E-state index contributed by atoms with van der Waals surface area (Å²) in [5.74, 6) is -0.536. The first-order valence-corrected chi connectivity index (χ1v) is 6.51. The quantitative estimate of drug-likeness (QED) is 0.897. The number of anilines is 2. The Morgan fingerprint density at radius 3 is 2.45 bits per heavy atom. The van der Waals surface area contributed by atoms with Crippen LogP contribution in [0.2, 0.25) is 5.02 Å². The molecular formula is C15H14ClFN2O. The van der Waals surface area contributed by atoms with Crippen molar-refractivity contribution in [3.05, 3.63) is 59.4 Å². The highest BCUT2D eigenvalue weighted by atomic mass is 35.5. The summed E-state index contributed by atoms with van der Waals surface area (Å²) in [5, 5.41) is 6.20. The molecule has 2 aromatic rings. The van der Waals surface area contributed by atoms with E-state index in [9.17, 15) is 9.18 Å². The van der Waals surface area contributed by atoms with Crippen LogP contribution in [0.3, 0.4) is 0 Å². The molecule has 1 amide bonds. The third-order valence-corrected chi connectivity index (χ3v) is 3.08. The number of carbonyl (C=O) groups is 1. The molecule has 2 rings (SSSR count). The highest BCUT2D eigenvalue weighted by Gasteiger charge is 2.13. The molecule has 2 aromatic carbocycles. The summed E-state index contributed by atoms with van der Waals surface area (Å²) in [6.07, 6.45) is 0. The first kappa shape index (κ1) is 14.3. The number of carbonyl (C=O) groups excluding carboxylic acids is 1. The Morgan fingerprint density at radius 1 is 1.15 bits per heavy atom. The number of hydrogen-bond donors (Lipinski definition) is 2. The molecule has 1 atom stereocenters. The molecule has 0 bridgehead atoms. The van der Waals surface area contributed by atoms with Crippen LogP contribution in [0.25, 0.3) is 0 Å². The van der Waals surface area contributed by atoms with Gasteiger partial charge >= 0.3 is 0 Å². The lowest BCUT2D eigenvalue weighted by Crippen LogP contribution is -2.31. The summed E-state index contributed by atoms with van der Waals surface area (Å²) >= 11 is 5.97. The third kappa shape index (κ3) is 3.71. The van der Waals surface area contributed by atoms with Gasteiger partial charge in [-0.2, -0.15) is 0 Å². The topological polar surface area (TPSA) is 41.1 Å². The molecule has 0 aliphatic heterocycles. The van der Waals surface area contributed by atoms with Crippen LogP contribution in [-0.4, -0.2) is 11.9 Å². The Kier molecular flexibility index (Phi) is 4.58. The number of halogens is 2. The maximum absolute atomic E-state index is 12.8. The average Bonchev–Trinajstić information content (AvgIpc) is 2.44. The van der Waals surface area contributed by atoms with E-state index in [1.807, 2.05) is 0 Å². The lowest BCUT2D eigenvalue weighted by molar-refractivity contribution is -0.116. The van der Waals surface area contributed by atoms with Crippen molar-refractivity contribution >= 4 is 28.9 Å². The van der Waals surface area contributed by atoms with Crippen LogP contribution in [0.4, 0.5) is 15.8 Å². The summed E-state index contributed by atoms with van der Waals surface area (Å²) in [6.45, 7) is 1.72. The van der Waals surface area contributed by atoms with Crippen LogP contribution in [0.1, 0.15) is 6.92 Å². The van der Waals surface area contributed by atoms with E-state index in [-0.39, 0.29) is 11.7 Å². The van der Waals surface area contributed by atoms with Crippen molar-refractivity contribution < 1.29 is 9.18 Å². The van der Waals surface area contributed by atoms with Crippen molar-refractivity contribution in [3.63, 3.8) is 0 Å². The zero-order valence-corrected chi connectivity index (χ0v) is 11.6. The fourth-order valence-corrected chi connectivity index (χ4v) is 1.85. The molecule has 3 nitrogen and oxygen atoms in total. The normalized spacial score (nSPS) is 11.8. The Morgan fingerprint density at radius 2 is 1.80 bits per heavy atom. The molecule has 0 fully saturated rings. The van der Waals surface area contributed by atoms with E-state index in [1.54, 1.807) is 43.3 Å². The van der Waals surface area contributed by atoms with Gasteiger partial charge in [0.15, 0.2) is 0 Å². The molecule has 5 heteroatoms. The van der Waals surface area contributed by atoms with E-state index >= 15 is 0 Å². The van der Waals surface area contributed by atoms with Gasteiger partial charge in [0.05, 0.1) is 10.7 Å². The van der Waals surface area contributed by atoms with Crippen LogP contribution in [-0.2, 0) is 4.79 Å². The lowest BCUT2D eigenvalue weighted by atomic mass is 10.2. The van der Waals surface area contributed by atoms with Gasteiger partial charge in [0, 0.05) is 5.69 Å². The minimum atomic E-state index is -0.475. The molecule has 0 saturated heterocycles. The SMILES string of the molecule is CC(Nc1ccc(F)cc1)C(=O)Nc1ccccc1Cl. The number of rotatable bonds is 4. The molecule has 2 N–H and O–H groups in total. The Bertz CT molecular complexity index is 601. The molecule has 0 aromatic heterocycles. The van der Waals surface area contributed by atoms with Crippen molar-refractivity contribution in [2.75, 3.05) is 10.6 Å². The van der Waals surface area contributed by atoms with Gasteiger partial charge in [0.2, 0.25) is 5.91 Å². The molecule has 0 radical (unpaired) electrons. The predicted octanol–water partition coefficient (Wildman–Crippen LogP) is 3.92. The zero-order chi connectivity index (χ0) is 14.5. The minimum absolute atomic E-state index is 0.220. The predicted molar refractivity (Wildman–Crippen MR) is 79.6 cm³/mol. The summed E-state index contributed by atoms with van der Waals surface area (Å²) in [5.41, 5.74) is 1.24. The lowest BCUT2D eigenvalue weighted by Gasteiger charge is -2.15. The van der Waals surface area contributed by atoms with Crippen LogP contribution in [0.5, 0.6) is 0 Å². The van der Waals surface area contributed by atoms with Crippen LogP contribution >= 0.6 is 11.6 Å². The van der Waals surface area contributed by atoms with Gasteiger partial charge in [-0.25, -0.2) is 4.39 Å². The molecule has 0 spiro atoms. The summed E-state index contributed by atoms with van der Waals surface area (Å²) in [7, 11) is 0. The smallest absolute Gasteiger partial charge is 0.246 e. The highest BCUT2D eigenvalue weighted by Crippen LogP contribution is 2.20. The van der Waals surface area contributed by atoms with Gasteiger partial charge in [-0.15, -0.1) is 0 Å². The Hall–Kier alpha value is -2.07. The number of hydrogen-bond acceptors (Lipinski definition) is 2. The molecule has 104 valence electrons. The second-order valence-electron chi connectivity index (χ2n) is 4.34. The number of para-hydroxylation sites is 1. The maximum Gasteiger partial charge on any atom is 0.246 e. The largest absolute Gasteiger partial charge is 0.374 e. The average molecular weight is 293 g/mol. The highest BCUT2D eigenvalue weighted by molar-refractivity contribution is 6.33. The van der Waals surface area contributed by atoms with Crippen molar-refractivity contribution in [1.82, 2.24) is 0 Å². The van der Waals surface area contributed by atoms with Crippen molar-refractivity contribution in [2.45, 2.75) is 13.0 Å². The second kappa shape index (κ2) is 6.39. The van der Waals surface area contributed by atoms with Crippen molar-refractivity contribution in [3.8, 4) is 0 Å². The van der Waals surface area contributed by atoms with Gasteiger partial charge in [0.1, 0.15) is 11.9 Å². The van der Waals surface area contributed by atoms with E-state index in [0.717, 1.165) is 0 Å². The molecule has 0 heterocycles. The molecule has 0 aliphatic rings. The molecule has 0 saturated carbocycles. The Balaban J connectivity index is 1.99. The molecular weight excluding hydrogens is 279 g/mol. The van der Waals surface area contributed by atoms with Crippen LogP contribution in [0.15, 0.2) is 48.5 Å². The van der Waals surface area contributed by atoms with Gasteiger partial charge in [0.25, 0.3) is 0 Å².